The molecule has 0 unspecified atom stereocenters. The predicted molar refractivity (Wildman–Crippen MR) is 24.7 cm³/mol. The SMILES string of the molecule is CCF.FCOCF. The highest BCUT2D eigenvalue weighted by Crippen LogP contribution is 1.71. The van der Waals surface area contributed by atoms with Gasteiger partial charge in [0, 0.05) is 0 Å². The molecule has 8 heavy (non-hydrogen) atoms. The summed E-state index contributed by atoms with van der Waals surface area (Å²) in [5, 5.41) is 0. The van der Waals surface area contributed by atoms with Crippen LogP contribution < -0.4 is 0 Å². The molecule has 0 aliphatic heterocycles. The minimum Gasteiger partial charge on any atom is -0.319 e. The number of hydrogen-bond acceptors (Lipinski definition) is 1. The number of hydrogen-bond donors (Lipinski definition) is 0. The van der Waals surface area contributed by atoms with Crippen LogP contribution in [0, 0.1) is 0 Å². The highest BCUT2D eigenvalue weighted by molar-refractivity contribution is 3.86. The van der Waals surface area contributed by atoms with Gasteiger partial charge in [0.2, 0.25) is 0 Å². The fraction of sp³-hybridized carbons (Fsp3) is 1.00. The minimum absolute atomic E-state index is 0.250. The molecule has 0 aromatic carbocycles. The Bertz CT molecular complexity index is 25.2. The lowest BCUT2D eigenvalue weighted by Gasteiger charge is -1.80. The van der Waals surface area contributed by atoms with E-state index < -0.39 is 13.7 Å². The average Bonchev–Trinajstić information content (AvgIpc) is 1.71. The molecular weight excluding hydrogens is 121 g/mol. The van der Waals surface area contributed by atoms with Gasteiger partial charge < -0.3 is 4.74 Å². The first-order valence-corrected chi connectivity index (χ1v) is 2.09. The summed E-state index contributed by atoms with van der Waals surface area (Å²) >= 11 is 0. The van der Waals surface area contributed by atoms with E-state index in [-0.39, 0.29) is 6.67 Å². The summed E-state index contributed by atoms with van der Waals surface area (Å²) in [6.45, 7) is -0.854. The van der Waals surface area contributed by atoms with Gasteiger partial charge in [-0.05, 0) is 6.92 Å². The highest BCUT2D eigenvalue weighted by Gasteiger charge is 1.70. The molecule has 0 atom stereocenters. The van der Waals surface area contributed by atoms with Gasteiger partial charge in [0.25, 0.3) is 0 Å². The van der Waals surface area contributed by atoms with Gasteiger partial charge in [-0.3, -0.25) is 4.39 Å². The van der Waals surface area contributed by atoms with E-state index in [0.717, 1.165) is 0 Å². The van der Waals surface area contributed by atoms with Crippen LogP contribution in [0.5, 0.6) is 0 Å². The molecule has 0 fully saturated rings. The van der Waals surface area contributed by atoms with E-state index in [1.807, 2.05) is 0 Å². The van der Waals surface area contributed by atoms with Crippen LogP contribution in [0.1, 0.15) is 6.92 Å². The number of rotatable bonds is 2. The Kier molecular flexibility index (Phi) is 21.2. The summed E-state index contributed by atoms with van der Waals surface area (Å²) < 4.78 is 34.9. The highest BCUT2D eigenvalue weighted by atomic mass is 19.2. The van der Waals surface area contributed by atoms with Gasteiger partial charge >= 0.3 is 0 Å². The fourth-order valence-electron chi connectivity index (χ4n) is 0.0292. The Balaban J connectivity index is 0. The first kappa shape index (κ1) is 10.7. The summed E-state index contributed by atoms with van der Waals surface area (Å²) in [7, 11) is 0. The third kappa shape index (κ3) is 42.4. The number of ether oxygens (including phenoxy) is 1. The molecule has 0 aliphatic rings. The molecule has 1 nitrogen and oxygen atoms in total. The van der Waals surface area contributed by atoms with Crippen molar-refractivity contribution in [2.24, 2.45) is 0 Å². The molecule has 0 heterocycles. The van der Waals surface area contributed by atoms with Crippen LogP contribution in [0.3, 0.4) is 0 Å². The second-order valence-electron chi connectivity index (χ2n) is 0.690. The molecule has 0 aromatic heterocycles. The van der Waals surface area contributed by atoms with Crippen molar-refractivity contribution in [2.75, 3.05) is 20.4 Å². The van der Waals surface area contributed by atoms with E-state index in [4.69, 9.17) is 0 Å². The smallest absolute Gasteiger partial charge is 0.191 e. The molecule has 0 N–H and O–H groups in total. The maximum Gasteiger partial charge on any atom is 0.191 e. The zero-order valence-electron chi connectivity index (χ0n) is 4.66. The Morgan fingerprint density at radius 2 is 1.38 bits per heavy atom. The normalized spacial score (nSPS) is 7.50. The summed E-state index contributed by atoms with van der Waals surface area (Å²) in [5.74, 6) is 0. The summed E-state index contributed by atoms with van der Waals surface area (Å²) in [6, 6.07) is 0. The minimum atomic E-state index is -1.03. The largest absolute Gasteiger partial charge is 0.319 e. The molecule has 0 radical (unpaired) electrons. The van der Waals surface area contributed by atoms with Crippen molar-refractivity contribution >= 4 is 0 Å². The van der Waals surface area contributed by atoms with Crippen LogP contribution in [-0.2, 0) is 4.74 Å². The summed E-state index contributed by atoms with van der Waals surface area (Å²) in [5.41, 5.74) is 0. The van der Waals surface area contributed by atoms with Crippen molar-refractivity contribution in [3.05, 3.63) is 0 Å². The second-order valence-corrected chi connectivity index (χ2v) is 0.690. The number of alkyl halides is 3. The first-order valence-electron chi connectivity index (χ1n) is 2.09. The lowest BCUT2D eigenvalue weighted by molar-refractivity contribution is 0.00298. The molecule has 4 heteroatoms. The van der Waals surface area contributed by atoms with Crippen molar-refractivity contribution in [1.82, 2.24) is 0 Å². The van der Waals surface area contributed by atoms with Crippen molar-refractivity contribution in [3.63, 3.8) is 0 Å². The van der Waals surface area contributed by atoms with Gasteiger partial charge in [-0.15, -0.1) is 0 Å². The molecule has 0 bridgehead atoms. The van der Waals surface area contributed by atoms with Crippen LogP contribution in [0.25, 0.3) is 0 Å². The maximum atomic E-state index is 10.5. The zero-order chi connectivity index (χ0) is 6.83. The molecule has 0 aromatic rings. The molecule has 0 rings (SSSR count). The van der Waals surface area contributed by atoms with Gasteiger partial charge in [-0.2, -0.15) is 0 Å². The predicted octanol–water partition coefficient (Wildman–Crippen LogP) is 1.83. The molecule has 0 aliphatic carbocycles. The Morgan fingerprint density at radius 3 is 1.38 bits per heavy atom. The van der Waals surface area contributed by atoms with Gasteiger partial charge in [-0.1, -0.05) is 0 Å². The summed E-state index contributed by atoms with van der Waals surface area (Å²) in [6.07, 6.45) is 0. The lowest BCUT2D eigenvalue weighted by Crippen LogP contribution is -1.80. The first-order chi connectivity index (χ1) is 3.83. The van der Waals surface area contributed by atoms with Crippen LogP contribution in [0.15, 0.2) is 0 Å². The van der Waals surface area contributed by atoms with Crippen LogP contribution in [-0.4, -0.2) is 20.4 Å². The van der Waals surface area contributed by atoms with E-state index in [1.54, 1.807) is 0 Å². The van der Waals surface area contributed by atoms with Gasteiger partial charge in [0.05, 0.1) is 6.67 Å². The second kappa shape index (κ2) is 15.9. The van der Waals surface area contributed by atoms with Crippen molar-refractivity contribution in [2.45, 2.75) is 6.92 Å². The van der Waals surface area contributed by atoms with Crippen molar-refractivity contribution < 1.29 is 17.9 Å². The zero-order valence-corrected chi connectivity index (χ0v) is 4.66. The van der Waals surface area contributed by atoms with E-state index >= 15 is 0 Å². The summed E-state index contributed by atoms with van der Waals surface area (Å²) in [4.78, 5) is 0. The van der Waals surface area contributed by atoms with Gasteiger partial charge in [0.1, 0.15) is 0 Å². The fourth-order valence-corrected chi connectivity index (χ4v) is 0.0292. The van der Waals surface area contributed by atoms with E-state index in [2.05, 4.69) is 4.74 Å². The molecule has 0 amide bonds. The standard InChI is InChI=1S/C2H4F2O.C2H5F/c3-1-5-2-4;1-2-3/h1-2H2;2H2,1H3. The topological polar surface area (TPSA) is 9.23 Å². The molecule has 0 saturated heterocycles. The van der Waals surface area contributed by atoms with Crippen LogP contribution in [0.2, 0.25) is 0 Å². The van der Waals surface area contributed by atoms with E-state index in [0.29, 0.717) is 0 Å². The quantitative estimate of drug-likeness (QED) is 0.554. The molecule has 0 spiro atoms. The van der Waals surface area contributed by atoms with E-state index in [9.17, 15) is 13.2 Å². The third-order valence-corrected chi connectivity index (χ3v) is 0.154. The Morgan fingerprint density at radius 1 is 1.12 bits per heavy atom. The molecule has 0 saturated carbocycles. The van der Waals surface area contributed by atoms with Crippen molar-refractivity contribution in [3.8, 4) is 0 Å². The van der Waals surface area contributed by atoms with Crippen LogP contribution in [0.4, 0.5) is 13.2 Å². The Hall–Kier alpha value is -0.250. The van der Waals surface area contributed by atoms with Crippen molar-refractivity contribution in [1.29, 1.82) is 0 Å². The third-order valence-electron chi connectivity index (χ3n) is 0.154. The maximum absolute atomic E-state index is 10.5. The van der Waals surface area contributed by atoms with Gasteiger partial charge in [0.15, 0.2) is 13.7 Å². The number of halogens is 3. The van der Waals surface area contributed by atoms with Crippen LogP contribution >= 0.6 is 0 Å². The monoisotopic (exact) mass is 130 g/mol. The Labute approximate surface area is 46.5 Å². The van der Waals surface area contributed by atoms with Gasteiger partial charge in [-0.25, -0.2) is 8.78 Å². The van der Waals surface area contributed by atoms with E-state index in [1.165, 1.54) is 6.92 Å². The molecular formula is C4H9F3O. The molecule has 52 valence electrons. The average molecular weight is 130 g/mol. The lowest BCUT2D eigenvalue weighted by atomic mass is 10.9.